The van der Waals surface area contributed by atoms with Crippen LogP contribution < -0.4 is 4.74 Å². The summed E-state index contributed by atoms with van der Waals surface area (Å²) in [7, 11) is 0. The van der Waals surface area contributed by atoms with Gasteiger partial charge in [0.05, 0.1) is 0 Å². The van der Waals surface area contributed by atoms with Crippen LogP contribution in [-0.4, -0.2) is 25.9 Å². The third-order valence-corrected chi connectivity index (χ3v) is 5.15. The summed E-state index contributed by atoms with van der Waals surface area (Å²) in [5.74, 6) is 3.02. The fourth-order valence-electron chi connectivity index (χ4n) is 3.58. The van der Waals surface area contributed by atoms with Crippen LogP contribution in [-0.2, 0) is 0 Å². The third-order valence-electron chi connectivity index (χ3n) is 4.90. The lowest BCUT2D eigenvalue weighted by atomic mass is 9.86. The van der Waals surface area contributed by atoms with Gasteiger partial charge in [0.15, 0.2) is 0 Å². The summed E-state index contributed by atoms with van der Waals surface area (Å²) in [6, 6.07) is 13.6. The van der Waals surface area contributed by atoms with Gasteiger partial charge >= 0.3 is 0 Å². The van der Waals surface area contributed by atoms with Gasteiger partial charge in [-0.15, -0.1) is 10.2 Å². The molecule has 0 amide bonds. The molecule has 2 heterocycles. The van der Waals surface area contributed by atoms with E-state index in [1.807, 2.05) is 49.4 Å². The highest BCUT2D eigenvalue weighted by atomic mass is 35.5. The van der Waals surface area contributed by atoms with Crippen LogP contribution in [0.15, 0.2) is 48.7 Å². The molecule has 6 heteroatoms. The van der Waals surface area contributed by atoms with Gasteiger partial charge in [0.2, 0.25) is 5.88 Å². The fourth-order valence-corrected chi connectivity index (χ4v) is 3.70. The van der Waals surface area contributed by atoms with Gasteiger partial charge in [-0.3, -0.25) is 4.57 Å². The van der Waals surface area contributed by atoms with Crippen molar-refractivity contribution in [2.24, 2.45) is 0 Å². The van der Waals surface area contributed by atoms with Crippen molar-refractivity contribution in [3.8, 4) is 11.6 Å². The lowest BCUT2D eigenvalue weighted by Gasteiger charge is -2.28. The average Bonchev–Trinajstić information content (AvgIpc) is 3.05. The van der Waals surface area contributed by atoms with E-state index in [0.717, 1.165) is 48.0 Å². The van der Waals surface area contributed by atoms with Gasteiger partial charge in [-0.1, -0.05) is 17.7 Å². The van der Waals surface area contributed by atoms with Crippen LogP contribution in [0.2, 0.25) is 5.02 Å². The minimum atomic E-state index is 0.217. The highest BCUT2D eigenvalue weighted by molar-refractivity contribution is 6.30. The molecule has 5 nitrogen and oxygen atoms in total. The van der Waals surface area contributed by atoms with Crippen molar-refractivity contribution in [2.45, 2.75) is 44.6 Å². The second-order valence-corrected chi connectivity index (χ2v) is 7.11. The first-order valence-electron chi connectivity index (χ1n) is 8.96. The van der Waals surface area contributed by atoms with Gasteiger partial charge in [-0.2, -0.15) is 0 Å². The molecule has 0 bridgehead atoms. The molecule has 0 spiro atoms. The molecule has 134 valence electrons. The van der Waals surface area contributed by atoms with Gasteiger partial charge in [0, 0.05) is 28.9 Å². The predicted octanol–water partition coefficient (Wildman–Crippen LogP) is 4.73. The number of halogens is 1. The van der Waals surface area contributed by atoms with Gasteiger partial charge in [0.25, 0.3) is 0 Å². The van der Waals surface area contributed by atoms with Crippen molar-refractivity contribution < 1.29 is 4.74 Å². The monoisotopic (exact) mass is 368 g/mol. The van der Waals surface area contributed by atoms with Crippen LogP contribution in [0, 0.1) is 6.92 Å². The van der Waals surface area contributed by atoms with Crippen LogP contribution in [0.3, 0.4) is 0 Å². The summed E-state index contributed by atoms with van der Waals surface area (Å²) in [5.41, 5.74) is 1.05. The number of aryl methyl sites for hydroxylation is 1. The highest BCUT2D eigenvalue weighted by Gasteiger charge is 2.28. The largest absolute Gasteiger partial charge is 0.474 e. The third kappa shape index (κ3) is 3.58. The van der Waals surface area contributed by atoms with Crippen molar-refractivity contribution >= 4 is 11.6 Å². The number of nitrogens with zero attached hydrogens (tertiary/aromatic N) is 4. The SMILES string of the molecule is Cc1nnc([C@H]2CC[C@H](Oc3ccccn3)CC2)n1-c1ccc(Cl)cc1. The maximum atomic E-state index is 6.02. The molecular formula is C20H21ClN4O. The lowest BCUT2D eigenvalue weighted by molar-refractivity contribution is 0.139. The molecule has 2 aromatic heterocycles. The van der Waals surface area contributed by atoms with Gasteiger partial charge in [-0.05, 0) is 62.9 Å². The normalized spacial score (nSPS) is 20.1. The Bertz CT molecular complexity index is 855. The second kappa shape index (κ2) is 7.46. The molecular weight excluding hydrogens is 348 g/mol. The zero-order valence-corrected chi connectivity index (χ0v) is 15.4. The Labute approximate surface area is 158 Å². The molecule has 1 aliphatic rings. The summed E-state index contributed by atoms with van der Waals surface area (Å²) in [4.78, 5) is 4.25. The molecule has 1 aromatic carbocycles. The summed E-state index contributed by atoms with van der Waals surface area (Å²) in [6.45, 7) is 1.99. The van der Waals surface area contributed by atoms with Crippen molar-refractivity contribution in [3.05, 3.63) is 65.3 Å². The number of aromatic nitrogens is 4. The van der Waals surface area contributed by atoms with Crippen LogP contribution in [0.4, 0.5) is 0 Å². The van der Waals surface area contributed by atoms with Crippen LogP contribution in [0.1, 0.15) is 43.3 Å². The first kappa shape index (κ1) is 17.0. The first-order valence-corrected chi connectivity index (χ1v) is 9.34. The minimum absolute atomic E-state index is 0.217. The molecule has 3 aromatic rings. The van der Waals surface area contributed by atoms with E-state index in [0.29, 0.717) is 11.8 Å². The molecule has 0 saturated heterocycles. The molecule has 1 fully saturated rings. The smallest absolute Gasteiger partial charge is 0.213 e. The Balaban J connectivity index is 1.47. The molecule has 0 radical (unpaired) electrons. The van der Waals surface area contributed by atoms with E-state index in [1.165, 1.54) is 0 Å². The second-order valence-electron chi connectivity index (χ2n) is 6.68. The Hall–Kier alpha value is -2.40. The first-order chi connectivity index (χ1) is 12.7. The van der Waals surface area contributed by atoms with Gasteiger partial charge < -0.3 is 4.74 Å². The number of ether oxygens (including phenoxy) is 1. The zero-order chi connectivity index (χ0) is 17.9. The molecule has 1 aliphatic carbocycles. The number of hydrogen-bond acceptors (Lipinski definition) is 4. The van der Waals surface area contributed by atoms with E-state index < -0.39 is 0 Å². The van der Waals surface area contributed by atoms with Crippen molar-refractivity contribution in [3.63, 3.8) is 0 Å². The van der Waals surface area contributed by atoms with E-state index in [-0.39, 0.29) is 6.10 Å². The Kier molecular flexibility index (Phi) is 4.89. The molecule has 0 aliphatic heterocycles. The summed E-state index contributed by atoms with van der Waals surface area (Å²) < 4.78 is 8.14. The number of hydrogen-bond donors (Lipinski definition) is 0. The summed E-state index contributed by atoms with van der Waals surface area (Å²) in [5, 5.41) is 9.52. The highest BCUT2D eigenvalue weighted by Crippen LogP contribution is 2.34. The Morgan fingerprint density at radius 2 is 1.77 bits per heavy atom. The number of pyridine rings is 1. The quantitative estimate of drug-likeness (QED) is 0.668. The van der Waals surface area contributed by atoms with Crippen LogP contribution in [0.5, 0.6) is 5.88 Å². The molecule has 26 heavy (non-hydrogen) atoms. The van der Waals surface area contributed by atoms with Crippen molar-refractivity contribution in [1.82, 2.24) is 19.7 Å². The van der Waals surface area contributed by atoms with Crippen molar-refractivity contribution in [2.75, 3.05) is 0 Å². The minimum Gasteiger partial charge on any atom is -0.474 e. The maximum absolute atomic E-state index is 6.02. The van der Waals surface area contributed by atoms with E-state index in [9.17, 15) is 0 Å². The van der Waals surface area contributed by atoms with Gasteiger partial charge in [0.1, 0.15) is 17.8 Å². The molecule has 1 saturated carbocycles. The van der Waals surface area contributed by atoms with Gasteiger partial charge in [-0.25, -0.2) is 4.98 Å². The Morgan fingerprint density at radius 1 is 1.00 bits per heavy atom. The Morgan fingerprint density at radius 3 is 2.46 bits per heavy atom. The maximum Gasteiger partial charge on any atom is 0.213 e. The fraction of sp³-hybridized carbons (Fsp3) is 0.350. The molecule has 4 rings (SSSR count). The van der Waals surface area contributed by atoms with E-state index >= 15 is 0 Å². The molecule has 0 unspecified atom stereocenters. The molecule has 0 atom stereocenters. The van der Waals surface area contributed by atoms with E-state index in [1.54, 1.807) is 6.20 Å². The zero-order valence-electron chi connectivity index (χ0n) is 14.7. The van der Waals surface area contributed by atoms with Crippen LogP contribution >= 0.6 is 11.6 Å². The lowest BCUT2D eigenvalue weighted by Crippen LogP contribution is -2.25. The topological polar surface area (TPSA) is 52.8 Å². The van der Waals surface area contributed by atoms with E-state index in [2.05, 4.69) is 19.7 Å². The standard InChI is InChI=1S/C20H21ClN4O/c1-14-23-24-20(25(14)17-9-7-16(21)8-10-17)15-5-11-18(12-6-15)26-19-4-2-3-13-22-19/h2-4,7-10,13,15,18H,5-6,11-12H2,1H3/t15-,18-. The predicted molar refractivity (Wildman–Crippen MR) is 101 cm³/mol. The van der Waals surface area contributed by atoms with E-state index in [4.69, 9.17) is 16.3 Å². The summed E-state index contributed by atoms with van der Waals surface area (Å²) in [6.07, 6.45) is 6.03. The average molecular weight is 369 g/mol. The summed E-state index contributed by atoms with van der Waals surface area (Å²) >= 11 is 6.02. The van der Waals surface area contributed by atoms with Crippen LogP contribution in [0.25, 0.3) is 5.69 Å². The van der Waals surface area contributed by atoms with Crippen molar-refractivity contribution in [1.29, 1.82) is 0 Å². The number of rotatable bonds is 4. The molecule has 0 N–H and O–H groups in total. The number of benzene rings is 1.